The number of anilines is 1. The standard InChI is InChI=1S/C22H24ClN5O/c1-3-19-18(15-24-28(19)17-9-7-16(2)8-10-17)22(29)27-13-11-26(12-14-27)21-6-4-5-20(23)25-21/h4-10,15H,3,11-14H2,1-2H3. The predicted octanol–water partition coefficient (Wildman–Crippen LogP) is 3.75. The largest absolute Gasteiger partial charge is 0.353 e. The Morgan fingerprint density at radius 1 is 1.07 bits per heavy atom. The summed E-state index contributed by atoms with van der Waals surface area (Å²) in [4.78, 5) is 21.6. The lowest BCUT2D eigenvalue weighted by atomic mass is 10.1. The Bertz CT molecular complexity index is 1010. The Morgan fingerprint density at radius 3 is 2.45 bits per heavy atom. The lowest BCUT2D eigenvalue weighted by Gasteiger charge is -2.35. The van der Waals surface area contributed by atoms with Crippen LogP contribution in [0.15, 0.2) is 48.7 Å². The molecule has 150 valence electrons. The SMILES string of the molecule is CCc1c(C(=O)N2CCN(c3cccc(Cl)n3)CC2)cnn1-c1ccc(C)cc1. The summed E-state index contributed by atoms with van der Waals surface area (Å²) >= 11 is 6.01. The van der Waals surface area contributed by atoms with E-state index in [-0.39, 0.29) is 5.91 Å². The molecule has 0 aliphatic carbocycles. The molecule has 1 amide bonds. The van der Waals surface area contributed by atoms with E-state index in [1.54, 1.807) is 12.3 Å². The highest BCUT2D eigenvalue weighted by Gasteiger charge is 2.26. The van der Waals surface area contributed by atoms with Gasteiger partial charge in [-0.2, -0.15) is 5.10 Å². The first-order valence-electron chi connectivity index (χ1n) is 9.87. The maximum Gasteiger partial charge on any atom is 0.257 e. The zero-order valence-electron chi connectivity index (χ0n) is 16.7. The highest BCUT2D eigenvalue weighted by Crippen LogP contribution is 2.21. The van der Waals surface area contributed by atoms with Crippen LogP contribution >= 0.6 is 11.6 Å². The van der Waals surface area contributed by atoms with E-state index in [0.29, 0.717) is 23.8 Å². The summed E-state index contributed by atoms with van der Waals surface area (Å²) in [5.74, 6) is 0.893. The van der Waals surface area contributed by atoms with Crippen LogP contribution < -0.4 is 4.90 Å². The molecular formula is C22H24ClN5O. The number of pyridine rings is 1. The minimum Gasteiger partial charge on any atom is -0.353 e. The number of nitrogens with zero attached hydrogens (tertiary/aromatic N) is 5. The Hall–Kier alpha value is -2.86. The van der Waals surface area contributed by atoms with Gasteiger partial charge in [0.25, 0.3) is 5.91 Å². The number of carbonyl (C=O) groups is 1. The Balaban J connectivity index is 1.50. The number of piperazine rings is 1. The monoisotopic (exact) mass is 409 g/mol. The van der Waals surface area contributed by atoms with Crippen molar-refractivity contribution in [2.45, 2.75) is 20.3 Å². The average Bonchev–Trinajstić information content (AvgIpc) is 3.18. The molecule has 1 aromatic carbocycles. The Labute approximate surface area is 175 Å². The van der Waals surface area contributed by atoms with Crippen molar-refractivity contribution in [1.82, 2.24) is 19.7 Å². The van der Waals surface area contributed by atoms with Gasteiger partial charge in [0.1, 0.15) is 11.0 Å². The molecule has 0 spiro atoms. The van der Waals surface area contributed by atoms with Gasteiger partial charge in [-0.15, -0.1) is 0 Å². The quantitative estimate of drug-likeness (QED) is 0.616. The summed E-state index contributed by atoms with van der Waals surface area (Å²) in [6.07, 6.45) is 2.44. The lowest BCUT2D eigenvalue weighted by molar-refractivity contribution is 0.0745. The Kier molecular flexibility index (Phi) is 5.53. The minimum absolute atomic E-state index is 0.0407. The number of halogens is 1. The summed E-state index contributed by atoms with van der Waals surface area (Å²) in [5.41, 5.74) is 3.80. The van der Waals surface area contributed by atoms with Crippen molar-refractivity contribution in [3.05, 3.63) is 70.6 Å². The van der Waals surface area contributed by atoms with Crippen LogP contribution in [-0.2, 0) is 6.42 Å². The summed E-state index contributed by atoms with van der Waals surface area (Å²) in [7, 11) is 0. The first-order chi connectivity index (χ1) is 14.1. The van der Waals surface area contributed by atoms with E-state index >= 15 is 0 Å². The van der Waals surface area contributed by atoms with Gasteiger partial charge in [-0.1, -0.05) is 42.3 Å². The van der Waals surface area contributed by atoms with E-state index in [4.69, 9.17) is 11.6 Å². The molecule has 4 rings (SSSR count). The number of benzene rings is 1. The first-order valence-corrected chi connectivity index (χ1v) is 10.3. The summed E-state index contributed by atoms with van der Waals surface area (Å²) in [5, 5.41) is 4.99. The average molecular weight is 410 g/mol. The van der Waals surface area contributed by atoms with Gasteiger partial charge in [0.2, 0.25) is 0 Å². The van der Waals surface area contributed by atoms with Crippen molar-refractivity contribution in [1.29, 1.82) is 0 Å². The number of rotatable bonds is 4. The van der Waals surface area contributed by atoms with Crippen molar-refractivity contribution >= 4 is 23.3 Å². The molecule has 3 heterocycles. The van der Waals surface area contributed by atoms with Crippen LogP contribution in [0, 0.1) is 6.92 Å². The van der Waals surface area contributed by atoms with Crippen LogP contribution in [0.25, 0.3) is 5.69 Å². The molecule has 0 unspecified atom stereocenters. The molecule has 1 fully saturated rings. The fourth-order valence-corrected chi connectivity index (χ4v) is 3.84. The van der Waals surface area contributed by atoms with Gasteiger partial charge < -0.3 is 9.80 Å². The second-order valence-electron chi connectivity index (χ2n) is 7.20. The van der Waals surface area contributed by atoms with Crippen LogP contribution in [0.1, 0.15) is 28.5 Å². The second-order valence-corrected chi connectivity index (χ2v) is 7.59. The smallest absolute Gasteiger partial charge is 0.257 e. The maximum atomic E-state index is 13.2. The fraction of sp³-hybridized carbons (Fsp3) is 0.318. The van der Waals surface area contributed by atoms with Crippen molar-refractivity contribution in [2.24, 2.45) is 0 Å². The molecule has 7 heteroatoms. The van der Waals surface area contributed by atoms with Gasteiger partial charge in [0.15, 0.2) is 0 Å². The molecule has 0 N–H and O–H groups in total. The summed E-state index contributed by atoms with van der Waals surface area (Å²) < 4.78 is 1.87. The molecule has 1 saturated heterocycles. The second kappa shape index (κ2) is 8.25. The van der Waals surface area contributed by atoms with E-state index in [0.717, 1.165) is 36.7 Å². The first kappa shape index (κ1) is 19.5. The van der Waals surface area contributed by atoms with Crippen molar-refractivity contribution in [2.75, 3.05) is 31.1 Å². The third kappa shape index (κ3) is 3.98. The molecule has 1 aliphatic rings. The summed E-state index contributed by atoms with van der Waals surface area (Å²) in [6.45, 7) is 6.86. The molecule has 1 aliphatic heterocycles. The van der Waals surface area contributed by atoms with Gasteiger partial charge in [-0.05, 0) is 37.6 Å². The highest BCUT2D eigenvalue weighted by molar-refractivity contribution is 6.29. The number of carbonyl (C=O) groups excluding carboxylic acids is 1. The topological polar surface area (TPSA) is 54.3 Å². The van der Waals surface area contributed by atoms with E-state index in [1.807, 2.05) is 33.8 Å². The van der Waals surface area contributed by atoms with Crippen molar-refractivity contribution in [3.8, 4) is 5.69 Å². The zero-order chi connectivity index (χ0) is 20.4. The van der Waals surface area contributed by atoms with E-state index < -0.39 is 0 Å². The van der Waals surface area contributed by atoms with Gasteiger partial charge in [-0.3, -0.25) is 4.79 Å². The number of aromatic nitrogens is 3. The highest BCUT2D eigenvalue weighted by atomic mass is 35.5. The van der Waals surface area contributed by atoms with Crippen LogP contribution in [0.4, 0.5) is 5.82 Å². The molecule has 29 heavy (non-hydrogen) atoms. The van der Waals surface area contributed by atoms with Gasteiger partial charge in [-0.25, -0.2) is 9.67 Å². The van der Waals surface area contributed by atoms with Gasteiger partial charge in [0, 0.05) is 26.2 Å². The molecule has 2 aromatic heterocycles. The molecular weight excluding hydrogens is 386 g/mol. The van der Waals surface area contributed by atoms with E-state index in [2.05, 4.69) is 41.0 Å². The molecule has 0 radical (unpaired) electrons. The molecule has 6 nitrogen and oxygen atoms in total. The maximum absolute atomic E-state index is 13.2. The number of amides is 1. The molecule has 0 saturated carbocycles. The van der Waals surface area contributed by atoms with Crippen LogP contribution in [-0.4, -0.2) is 51.8 Å². The molecule has 0 atom stereocenters. The Morgan fingerprint density at radius 2 is 1.79 bits per heavy atom. The number of hydrogen-bond donors (Lipinski definition) is 0. The molecule has 0 bridgehead atoms. The normalized spacial score (nSPS) is 14.3. The minimum atomic E-state index is 0.0407. The van der Waals surface area contributed by atoms with E-state index in [1.165, 1.54) is 5.56 Å². The van der Waals surface area contributed by atoms with Crippen molar-refractivity contribution < 1.29 is 4.79 Å². The number of aryl methyl sites for hydroxylation is 1. The molecule has 3 aromatic rings. The van der Waals surface area contributed by atoms with Crippen LogP contribution in [0.3, 0.4) is 0 Å². The third-order valence-electron chi connectivity index (χ3n) is 5.30. The van der Waals surface area contributed by atoms with Gasteiger partial charge >= 0.3 is 0 Å². The van der Waals surface area contributed by atoms with Crippen molar-refractivity contribution in [3.63, 3.8) is 0 Å². The van der Waals surface area contributed by atoms with Crippen LogP contribution in [0.2, 0.25) is 5.15 Å². The summed E-state index contributed by atoms with van der Waals surface area (Å²) in [6, 6.07) is 13.8. The predicted molar refractivity (Wildman–Crippen MR) is 115 cm³/mol. The zero-order valence-corrected chi connectivity index (χ0v) is 17.4. The number of hydrogen-bond acceptors (Lipinski definition) is 4. The fourth-order valence-electron chi connectivity index (χ4n) is 3.68. The van der Waals surface area contributed by atoms with Crippen LogP contribution in [0.5, 0.6) is 0 Å². The lowest BCUT2D eigenvalue weighted by Crippen LogP contribution is -2.49. The van der Waals surface area contributed by atoms with Gasteiger partial charge in [0.05, 0.1) is 23.1 Å². The third-order valence-corrected chi connectivity index (χ3v) is 5.51. The van der Waals surface area contributed by atoms with E-state index in [9.17, 15) is 4.79 Å².